The van der Waals surface area contributed by atoms with E-state index >= 15 is 0 Å². The maximum Gasteiger partial charge on any atom is 0.494 e. The van der Waals surface area contributed by atoms with Crippen LogP contribution in [0.3, 0.4) is 0 Å². The zero-order valence-corrected chi connectivity index (χ0v) is 15.5. The van der Waals surface area contributed by atoms with Gasteiger partial charge in [0.15, 0.2) is 0 Å². The van der Waals surface area contributed by atoms with Crippen molar-refractivity contribution >= 4 is 18.2 Å². The van der Waals surface area contributed by atoms with Gasteiger partial charge < -0.3 is 9.31 Å². The van der Waals surface area contributed by atoms with Crippen molar-refractivity contribution in [3.63, 3.8) is 0 Å². The highest BCUT2D eigenvalue weighted by molar-refractivity contribution is 6.62. The Morgan fingerprint density at radius 1 is 1.08 bits per heavy atom. The van der Waals surface area contributed by atoms with E-state index in [0.29, 0.717) is 12.1 Å². The van der Waals surface area contributed by atoms with Crippen LogP contribution < -0.4 is 5.46 Å². The van der Waals surface area contributed by atoms with Gasteiger partial charge >= 0.3 is 7.12 Å². The molecular formula is C20H28BNO2. The standard InChI is InChI=1S/C20H28BNO2/c1-19(2)20(3,4)24-21(23-19)16-8-6-7-14(11-16)15-12-17-9-10-18(13-15)22(17)5/h6-8,11-12,17-18H,9-10,13H2,1-5H3. The number of nitrogens with zero attached hydrogens (tertiary/aromatic N) is 1. The molecule has 1 aromatic carbocycles. The molecular weight excluding hydrogens is 297 g/mol. The van der Waals surface area contributed by atoms with E-state index in [4.69, 9.17) is 9.31 Å². The molecule has 2 unspecified atom stereocenters. The topological polar surface area (TPSA) is 21.7 Å². The van der Waals surface area contributed by atoms with Crippen molar-refractivity contribution in [2.45, 2.75) is 70.2 Å². The smallest absolute Gasteiger partial charge is 0.399 e. The van der Waals surface area contributed by atoms with Crippen LogP contribution in [-0.4, -0.2) is 42.4 Å². The SMILES string of the molecule is CN1C2C=C(c3cccc(B4OC(C)(C)C(C)(C)O4)c3)CC1CC2. The third-order valence-corrected chi connectivity index (χ3v) is 6.53. The van der Waals surface area contributed by atoms with Crippen LogP contribution in [0.4, 0.5) is 0 Å². The molecule has 128 valence electrons. The molecule has 0 spiro atoms. The van der Waals surface area contributed by atoms with Gasteiger partial charge in [0.1, 0.15) is 0 Å². The first-order valence-corrected chi connectivity index (χ1v) is 9.15. The fraction of sp³-hybridized carbons (Fsp3) is 0.600. The van der Waals surface area contributed by atoms with Gasteiger partial charge in [0.2, 0.25) is 0 Å². The van der Waals surface area contributed by atoms with Crippen LogP contribution in [0.2, 0.25) is 0 Å². The molecule has 0 N–H and O–H groups in total. The maximum absolute atomic E-state index is 6.21. The van der Waals surface area contributed by atoms with Crippen LogP contribution in [-0.2, 0) is 9.31 Å². The van der Waals surface area contributed by atoms with Gasteiger partial charge in [0, 0.05) is 12.1 Å². The van der Waals surface area contributed by atoms with Crippen LogP contribution in [0.15, 0.2) is 30.3 Å². The molecule has 0 amide bonds. The molecule has 0 aromatic heterocycles. The second kappa shape index (κ2) is 5.45. The lowest BCUT2D eigenvalue weighted by atomic mass is 9.77. The molecule has 3 heterocycles. The molecule has 0 saturated carbocycles. The summed E-state index contributed by atoms with van der Waals surface area (Å²) in [6.45, 7) is 8.42. The summed E-state index contributed by atoms with van der Waals surface area (Å²) < 4.78 is 12.4. The van der Waals surface area contributed by atoms with Gasteiger partial charge in [-0.05, 0) is 70.6 Å². The number of rotatable bonds is 2. The number of fused-ring (bicyclic) bond motifs is 2. The van der Waals surface area contributed by atoms with Crippen LogP contribution in [0.5, 0.6) is 0 Å². The molecule has 3 aliphatic rings. The zero-order chi connectivity index (χ0) is 17.1. The first kappa shape index (κ1) is 16.4. The highest BCUT2D eigenvalue weighted by Crippen LogP contribution is 2.38. The van der Waals surface area contributed by atoms with E-state index in [-0.39, 0.29) is 18.3 Å². The van der Waals surface area contributed by atoms with Gasteiger partial charge in [-0.25, -0.2) is 0 Å². The van der Waals surface area contributed by atoms with Gasteiger partial charge in [0.05, 0.1) is 11.2 Å². The molecule has 4 rings (SSSR count). The molecule has 0 aliphatic carbocycles. The Morgan fingerprint density at radius 3 is 2.46 bits per heavy atom. The summed E-state index contributed by atoms with van der Waals surface area (Å²) in [6, 6.07) is 10.1. The largest absolute Gasteiger partial charge is 0.494 e. The molecule has 3 nitrogen and oxygen atoms in total. The summed E-state index contributed by atoms with van der Waals surface area (Å²) >= 11 is 0. The Hall–Kier alpha value is -1.10. The summed E-state index contributed by atoms with van der Waals surface area (Å²) in [6.07, 6.45) is 6.23. The Labute approximate surface area is 146 Å². The average Bonchev–Trinajstić information content (AvgIpc) is 2.87. The Bertz CT molecular complexity index is 666. The number of hydrogen-bond acceptors (Lipinski definition) is 3. The van der Waals surface area contributed by atoms with Gasteiger partial charge in [-0.15, -0.1) is 0 Å². The van der Waals surface area contributed by atoms with Crippen molar-refractivity contribution in [1.29, 1.82) is 0 Å². The summed E-state index contributed by atoms with van der Waals surface area (Å²) in [5.74, 6) is 0. The second-order valence-electron chi connectivity index (χ2n) is 8.57. The van der Waals surface area contributed by atoms with E-state index in [0.717, 1.165) is 11.9 Å². The van der Waals surface area contributed by atoms with E-state index in [2.05, 4.69) is 70.0 Å². The predicted octanol–water partition coefficient (Wildman–Crippen LogP) is 3.24. The molecule has 2 fully saturated rings. The third kappa shape index (κ3) is 2.56. The Balaban J connectivity index is 1.61. The lowest BCUT2D eigenvalue weighted by molar-refractivity contribution is 0.00578. The van der Waals surface area contributed by atoms with E-state index in [1.54, 1.807) is 0 Å². The molecule has 1 aromatic rings. The maximum atomic E-state index is 6.21. The first-order valence-electron chi connectivity index (χ1n) is 9.15. The molecule has 3 aliphatic heterocycles. The van der Waals surface area contributed by atoms with Crippen LogP contribution >= 0.6 is 0 Å². The second-order valence-corrected chi connectivity index (χ2v) is 8.57. The Kier molecular flexibility index (Phi) is 3.72. The first-order chi connectivity index (χ1) is 11.3. The van der Waals surface area contributed by atoms with Crippen molar-refractivity contribution in [3.8, 4) is 0 Å². The summed E-state index contributed by atoms with van der Waals surface area (Å²) in [5, 5.41) is 0. The third-order valence-electron chi connectivity index (χ3n) is 6.53. The molecule has 4 heteroatoms. The summed E-state index contributed by atoms with van der Waals surface area (Å²) in [5.41, 5.74) is 3.35. The Morgan fingerprint density at radius 2 is 1.79 bits per heavy atom. The molecule has 2 bridgehead atoms. The van der Waals surface area contributed by atoms with E-state index in [9.17, 15) is 0 Å². The van der Waals surface area contributed by atoms with Gasteiger partial charge in [-0.1, -0.05) is 30.3 Å². The molecule has 0 radical (unpaired) electrons. The number of benzene rings is 1. The van der Waals surface area contributed by atoms with Crippen molar-refractivity contribution in [3.05, 3.63) is 35.9 Å². The minimum Gasteiger partial charge on any atom is -0.399 e. The quantitative estimate of drug-likeness (QED) is 0.779. The number of likely N-dealkylation sites (N-methyl/N-ethyl adjacent to an activating group) is 1. The van der Waals surface area contributed by atoms with Crippen LogP contribution in [0.1, 0.15) is 52.5 Å². The fourth-order valence-electron chi connectivity index (χ4n) is 4.12. The summed E-state index contributed by atoms with van der Waals surface area (Å²) in [7, 11) is 1.98. The normalized spacial score (nSPS) is 31.4. The minimum atomic E-state index is -0.292. The van der Waals surface area contributed by atoms with Crippen LogP contribution in [0.25, 0.3) is 5.57 Å². The van der Waals surface area contributed by atoms with Crippen molar-refractivity contribution in [2.75, 3.05) is 7.05 Å². The number of hydrogen-bond donors (Lipinski definition) is 0. The van der Waals surface area contributed by atoms with Gasteiger partial charge in [0.25, 0.3) is 0 Å². The predicted molar refractivity (Wildman–Crippen MR) is 99.3 cm³/mol. The van der Waals surface area contributed by atoms with E-state index in [1.807, 2.05) is 0 Å². The van der Waals surface area contributed by atoms with Crippen molar-refractivity contribution in [2.24, 2.45) is 0 Å². The minimum absolute atomic E-state index is 0.279. The van der Waals surface area contributed by atoms with E-state index < -0.39 is 0 Å². The van der Waals surface area contributed by atoms with Gasteiger partial charge in [-0.2, -0.15) is 0 Å². The highest BCUT2D eigenvalue weighted by Gasteiger charge is 2.51. The molecule has 2 saturated heterocycles. The molecule has 24 heavy (non-hydrogen) atoms. The van der Waals surface area contributed by atoms with E-state index in [1.165, 1.54) is 24.0 Å². The average molecular weight is 325 g/mol. The van der Waals surface area contributed by atoms with Gasteiger partial charge in [-0.3, -0.25) is 4.90 Å². The highest BCUT2D eigenvalue weighted by atomic mass is 16.7. The molecule has 2 atom stereocenters. The lowest BCUT2D eigenvalue weighted by Crippen LogP contribution is -2.41. The fourth-order valence-corrected chi connectivity index (χ4v) is 4.12. The lowest BCUT2D eigenvalue weighted by Gasteiger charge is -2.32. The van der Waals surface area contributed by atoms with Crippen LogP contribution in [0, 0.1) is 0 Å². The summed E-state index contributed by atoms with van der Waals surface area (Å²) in [4.78, 5) is 2.53. The zero-order valence-electron chi connectivity index (χ0n) is 15.5. The van der Waals surface area contributed by atoms with Crippen molar-refractivity contribution in [1.82, 2.24) is 4.90 Å². The monoisotopic (exact) mass is 325 g/mol. The van der Waals surface area contributed by atoms with Crippen molar-refractivity contribution < 1.29 is 9.31 Å².